The Labute approximate surface area is 141 Å². The number of hydrogen-bond donors (Lipinski definition) is 3. The summed E-state index contributed by atoms with van der Waals surface area (Å²) >= 11 is 0. The maximum Gasteiger partial charge on any atom is 0.119 e. The molecule has 0 aromatic heterocycles. The first-order valence-corrected chi connectivity index (χ1v) is 7.88. The summed E-state index contributed by atoms with van der Waals surface area (Å²) < 4.78 is 0. The zero-order valence-corrected chi connectivity index (χ0v) is 13.5. The fraction of sp³-hybridized carbons (Fsp3) is 0.143. The molecule has 122 valence electrons. The van der Waals surface area contributed by atoms with Gasteiger partial charge in [-0.3, -0.25) is 0 Å². The molecule has 0 amide bonds. The summed E-state index contributed by atoms with van der Waals surface area (Å²) in [6.45, 7) is 1.99. The number of phenols is 3. The van der Waals surface area contributed by atoms with Crippen molar-refractivity contribution in [1.29, 1.82) is 0 Å². The lowest BCUT2D eigenvalue weighted by molar-refractivity contribution is 0.468. The third-order valence-electron chi connectivity index (χ3n) is 4.20. The van der Waals surface area contributed by atoms with Gasteiger partial charge in [0.2, 0.25) is 0 Å². The number of phenolic OH excluding ortho intramolecular Hbond substituents is 3. The van der Waals surface area contributed by atoms with Crippen molar-refractivity contribution in [1.82, 2.24) is 0 Å². The van der Waals surface area contributed by atoms with Gasteiger partial charge in [0.15, 0.2) is 0 Å². The van der Waals surface area contributed by atoms with Crippen LogP contribution in [-0.2, 0) is 12.8 Å². The summed E-state index contributed by atoms with van der Waals surface area (Å²) in [5.41, 5.74) is 5.18. The van der Waals surface area contributed by atoms with Crippen molar-refractivity contribution in [2.24, 2.45) is 0 Å². The van der Waals surface area contributed by atoms with Gasteiger partial charge in [0.05, 0.1) is 0 Å². The Bertz CT molecular complexity index is 765. The van der Waals surface area contributed by atoms with Crippen molar-refractivity contribution in [2.45, 2.75) is 19.8 Å². The van der Waals surface area contributed by atoms with E-state index in [4.69, 9.17) is 0 Å². The second-order valence-corrected chi connectivity index (χ2v) is 6.09. The Morgan fingerprint density at radius 1 is 0.625 bits per heavy atom. The van der Waals surface area contributed by atoms with E-state index in [9.17, 15) is 15.3 Å². The average Bonchev–Trinajstić information content (AvgIpc) is 2.56. The van der Waals surface area contributed by atoms with Crippen molar-refractivity contribution in [3.63, 3.8) is 0 Å². The average molecular weight is 320 g/mol. The molecule has 0 aliphatic rings. The standard InChI is InChI=1S/C21H20O3/c1-14-10-21(24)18(12-16-4-8-20(23)9-5-16)13-17(14)11-15-2-6-19(22)7-3-15/h2-10,13,22-24H,11-12H2,1H3. The minimum atomic E-state index is 0.236. The van der Waals surface area contributed by atoms with E-state index >= 15 is 0 Å². The second kappa shape index (κ2) is 6.67. The molecule has 3 rings (SSSR count). The van der Waals surface area contributed by atoms with Gasteiger partial charge in [-0.05, 0) is 71.5 Å². The first-order valence-electron chi connectivity index (χ1n) is 7.88. The van der Waals surface area contributed by atoms with Gasteiger partial charge >= 0.3 is 0 Å². The zero-order chi connectivity index (χ0) is 17.1. The third kappa shape index (κ3) is 3.69. The number of aryl methyl sites for hydroxylation is 1. The first kappa shape index (κ1) is 15.9. The van der Waals surface area contributed by atoms with Gasteiger partial charge in [-0.1, -0.05) is 30.3 Å². The molecule has 0 radical (unpaired) electrons. The van der Waals surface area contributed by atoms with Gasteiger partial charge in [-0.15, -0.1) is 0 Å². The summed E-state index contributed by atoms with van der Waals surface area (Å²) in [5.74, 6) is 0.782. The molecule has 0 fully saturated rings. The largest absolute Gasteiger partial charge is 0.508 e. The van der Waals surface area contributed by atoms with Crippen molar-refractivity contribution in [3.8, 4) is 17.2 Å². The summed E-state index contributed by atoms with van der Waals surface area (Å²) in [4.78, 5) is 0. The minimum absolute atomic E-state index is 0.236. The second-order valence-electron chi connectivity index (χ2n) is 6.09. The molecule has 0 saturated heterocycles. The smallest absolute Gasteiger partial charge is 0.119 e. The van der Waals surface area contributed by atoms with Crippen LogP contribution in [0.4, 0.5) is 0 Å². The highest BCUT2D eigenvalue weighted by molar-refractivity contribution is 5.46. The molecule has 0 saturated carbocycles. The maximum absolute atomic E-state index is 10.3. The molecule has 3 N–H and O–H groups in total. The monoisotopic (exact) mass is 320 g/mol. The zero-order valence-electron chi connectivity index (χ0n) is 13.5. The minimum Gasteiger partial charge on any atom is -0.508 e. The van der Waals surface area contributed by atoms with Gasteiger partial charge in [-0.2, -0.15) is 0 Å². The number of benzene rings is 3. The van der Waals surface area contributed by atoms with Crippen LogP contribution in [0.25, 0.3) is 0 Å². The molecular formula is C21H20O3. The number of rotatable bonds is 4. The van der Waals surface area contributed by atoms with E-state index < -0.39 is 0 Å². The van der Waals surface area contributed by atoms with Crippen LogP contribution in [0.3, 0.4) is 0 Å². The van der Waals surface area contributed by atoms with E-state index in [1.165, 1.54) is 0 Å². The molecule has 0 spiro atoms. The van der Waals surface area contributed by atoms with Gasteiger partial charge in [0.25, 0.3) is 0 Å². The quantitative estimate of drug-likeness (QED) is 0.672. The number of aromatic hydroxyl groups is 3. The predicted octanol–water partition coefficient (Wildman–Crippen LogP) is 4.29. The number of hydrogen-bond acceptors (Lipinski definition) is 3. The van der Waals surface area contributed by atoms with E-state index in [2.05, 4.69) is 0 Å². The van der Waals surface area contributed by atoms with Crippen LogP contribution in [0.5, 0.6) is 17.2 Å². The van der Waals surface area contributed by atoms with Gasteiger partial charge < -0.3 is 15.3 Å². The van der Waals surface area contributed by atoms with E-state index in [-0.39, 0.29) is 17.2 Å². The molecule has 0 unspecified atom stereocenters. The van der Waals surface area contributed by atoms with Crippen LogP contribution in [0.1, 0.15) is 27.8 Å². The molecule has 3 aromatic carbocycles. The fourth-order valence-corrected chi connectivity index (χ4v) is 2.79. The molecule has 0 heterocycles. The van der Waals surface area contributed by atoms with E-state index in [0.29, 0.717) is 6.42 Å². The Hall–Kier alpha value is -2.94. The highest BCUT2D eigenvalue weighted by Crippen LogP contribution is 2.27. The van der Waals surface area contributed by atoms with Crippen molar-refractivity contribution in [2.75, 3.05) is 0 Å². The lowest BCUT2D eigenvalue weighted by Crippen LogP contribution is -1.96. The maximum atomic E-state index is 10.3. The summed E-state index contributed by atoms with van der Waals surface area (Å²) in [7, 11) is 0. The molecule has 3 nitrogen and oxygen atoms in total. The van der Waals surface area contributed by atoms with E-state index in [1.807, 2.05) is 37.3 Å². The first-order chi connectivity index (χ1) is 11.5. The SMILES string of the molecule is Cc1cc(O)c(Cc2ccc(O)cc2)cc1Cc1ccc(O)cc1. The Kier molecular flexibility index (Phi) is 4.43. The van der Waals surface area contributed by atoms with Crippen molar-refractivity contribution in [3.05, 3.63) is 88.5 Å². The Morgan fingerprint density at radius 2 is 1.08 bits per heavy atom. The third-order valence-corrected chi connectivity index (χ3v) is 4.20. The fourth-order valence-electron chi connectivity index (χ4n) is 2.79. The van der Waals surface area contributed by atoms with Gasteiger partial charge in [0.1, 0.15) is 17.2 Å². The molecule has 0 aliphatic carbocycles. The van der Waals surface area contributed by atoms with Crippen LogP contribution in [0.15, 0.2) is 60.7 Å². The lowest BCUT2D eigenvalue weighted by atomic mass is 9.95. The van der Waals surface area contributed by atoms with Crippen LogP contribution in [0.2, 0.25) is 0 Å². The molecule has 0 aliphatic heterocycles. The van der Waals surface area contributed by atoms with Crippen LogP contribution < -0.4 is 0 Å². The highest BCUT2D eigenvalue weighted by Gasteiger charge is 2.09. The molecular weight excluding hydrogens is 300 g/mol. The predicted molar refractivity (Wildman–Crippen MR) is 94.7 cm³/mol. The van der Waals surface area contributed by atoms with Gasteiger partial charge in [0, 0.05) is 6.42 Å². The van der Waals surface area contributed by atoms with E-state index in [1.54, 1.807) is 30.3 Å². The van der Waals surface area contributed by atoms with Gasteiger partial charge in [-0.25, -0.2) is 0 Å². The molecule has 0 bridgehead atoms. The summed E-state index contributed by atoms with van der Waals surface area (Å²) in [6.07, 6.45) is 1.35. The Morgan fingerprint density at radius 3 is 1.58 bits per heavy atom. The van der Waals surface area contributed by atoms with Crippen LogP contribution in [0, 0.1) is 6.92 Å². The van der Waals surface area contributed by atoms with Crippen molar-refractivity contribution < 1.29 is 15.3 Å². The normalized spacial score (nSPS) is 10.7. The molecule has 0 atom stereocenters. The van der Waals surface area contributed by atoms with Crippen molar-refractivity contribution >= 4 is 0 Å². The van der Waals surface area contributed by atoms with Crippen LogP contribution in [-0.4, -0.2) is 15.3 Å². The summed E-state index contributed by atoms with van der Waals surface area (Å²) in [6, 6.07) is 18.0. The summed E-state index contributed by atoms with van der Waals surface area (Å²) in [5, 5.41) is 29.0. The molecule has 24 heavy (non-hydrogen) atoms. The molecule has 3 heteroatoms. The highest BCUT2D eigenvalue weighted by atomic mass is 16.3. The topological polar surface area (TPSA) is 60.7 Å². The molecule has 3 aromatic rings. The lowest BCUT2D eigenvalue weighted by Gasteiger charge is -2.12. The van der Waals surface area contributed by atoms with E-state index in [0.717, 1.165) is 34.2 Å². The Balaban J connectivity index is 1.87. The van der Waals surface area contributed by atoms with Crippen LogP contribution >= 0.6 is 0 Å².